The van der Waals surface area contributed by atoms with Crippen LogP contribution in [0.5, 0.6) is 5.75 Å². The molecule has 0 bridgehead atoms. The molecule has 18 heavy (non-hydrogen) atoms. The molecule has 0 saturated carbocycles. The summed E-state index contributed by atoms with van der Waals surface area (Å²) in [5, 5.41) is 0. The van der Waals surface area contributed by atoms with E-state index < -0.39 is 9.05 Å². The largest absolute Gasteiger partial charge is 0.493 e. The van der Waals surface area contributed by atoms with Crippen molar-refractivity contribution in [2.75, 3.05) is 12.4 Å². The molecule has 0 aromatic heterocycles. The van der Waals surface area contributed by atoms with Crippen LogP contribution in [0.25, 0.3) is 0 Å². The lowest BCUT2D eigenvalue weighted by molar-refractivity contribution is 0.224. The fraction of sp³-hybridized carbons (Fsp3) is 0.538. The minimum absolute atomic E-state index is 0.0574. The molecule has 1 rings (SSSR count). The van der Waals surface area contributed by atoms with Crippen molar-refractivity contribution >= 4 is 19.7 Å². The van der Waals surface area contributed by atoms with Crippen molar-refractivity contribution in [1.29, 1.82) is 0 Å². The molecule has 0 heterocycles. The van der Waals surface area contributed by atoms with E-state index in [0.717, 1.165) is 11.3 Å². The van der Waals surface area contributed by atoms with Gasteiger partial charge in [-0.15, -0.1) is 0 Å². The third-order valence-corrected chi connectivity index (χ3v) is 4.11. The maximum Gasteiger partial charge on any atom is 0.233 e. The molecule has 1 atom stereocenters. The predicted octanol–water partition coefficient (Wildman–Crippen LogP) is 3.21. The monoisotopic (exact) mass is 290 g/mol. The topological polar surface area (TPSA) is 43.4 Å². The minimum Gasteiger partial charge on any atom is -0.493 e. The van der Waals surface area contributed by atoms with Gasteiger partial charge in [-0.3, -0.25) is 0 Å². The number of rotatable bonds is 6. The Labute approximate surface area is 114 Å². The SMILES string of the molecule is Cc1ccccc1OCC(CS(=O)(=O)Cl)C(C)C. The number of benzene rings is 1. The second-order valence-electron chi connectivity index (χ2n) is 4.79. The number of aryl methyl sites for hydroxylation is 1. The number of para-hydroxylation sites is 1. The molecule has 1 unspecified atom stereocenters. The third-order valence-electron chi connectivity index (χ3n) is 2.90. The number of hydrogen-bond donors (Lipinski definition) is 0. The zero-order chi connectivity index (χ0) is 13.8. The number of halogens is 1. The molecule has 102 valence electrons. The van der Waals surface area contributed by atoms with Crippen molar-refractivity contribution in [3.8, 4) is 5.75 Å². The molecule has 5 heteroatoms. The Balaban J connectivity index is 2.66. The molecule has 0 radical (unpaired) electrons. The standard InChI is InChI=1S/C13H19ClO3S/c1-10(2)12(9-18(14,15)16)8-17-13-7-5-4-6-11(13)3/h4-7,10,12H,8-9H2,1-3H3. The van der Waals surface area contributed by atoms with Gasteiger partial charge in [-0.25, -0.2) is 8.42 Å². The Morgan fingerprint density at radius 1 is 1.28 bits per heavy atom. The van der Waals surface area contributed by atoms with Crippen LogP contribution >= 0.6 is 10.7 Å². The predicted molar refractivity (Wildman–Crippen MR) is 74.6 cm³/mol. The summed E-state index contributed by atoms with van der Waals surface area (Å²) in [5.74, 6) is 0.822. The second kappa shape index (κ2) is 6.43. The maximum atomic E-state index is 11.1. The quantitative estimate of drug-likeness (QED) is 0.756. The molecule has 0 spiro atoms. The molecule has 0 N–H and O–H groups in total. The van der Waals surface area contributed by atoms with Crippen LogP contribution in [-0.4, -0.2) is 20.8 Å². The summed E-state index contributed by atoms with van der Waals surface area (Å²) in [6, 6.07) is 7.66. The van der Waals surface area contributed by atoms with Crippen LogP contribution in [0.15, 0.2) is 24.3 Å². The van der Waals surface area contributed by atoms with Gasteiger partial charge in [0.15, 0.2) is 0 Å². The van der Waals surface area contributed by atoms with Gasteiger partial charge in [0.2, 0.25) is 9.05 Å². The summed E-state index contributed by atoms with van der Waals surface area (Å²) in [6.45, 7) is 6.24. The van der Waals surface area contributed by atoms with Crippen LogP contribution in [0, 0.1) is 18.8 Å². The molecule has 0 aliphatic rings. The summed E-state index contributed by atoms with van der Waals surface area (Å²) in [6.07, 6.45) is 0. The van der Waals surface area contributed by atoms with Gasteiger partial charge in [-0.1, -0.05) is 32.0 Å². The molecule has 0 amide bonds. The molecule has 0 aliphatic heterocycles. The van der Waals surface area contributed by atoms with E-state index in [4.69, 9.17) is 15.4 Å². The highest BCUT2D eigenvalue weighted by atomic mass is 35.7. The first-order chi connectivity index (χ1) is 8.29. The van der Waals surface area contributed by atoms with E-state index in [1.54, 1.807) is 0 Å². The van der Waals surface area contributed by atoms with E-state index in [1.165, 1.54) is 0 Å². The zero-order valence-electron chi connectivity index (χ0n) is 10.9. The first-order valence-corrected chi connectivity index (χ1v) is 8.38. The maximum absolute atomic E-state index is 11.1. The minimum atomic E-state index is -3.49. The number of hydrogen-bond acceptors (Lipinski definition) is 3. The summed E-state index contributed by atoms with van der Waals surface area (Å²) < 4.78 is 28.0. The van der Waals surface area contributed by atoms with Gasteiger partial charge < -0.3 is 4.74 Å². The van der Waals surface area contributed by atoms with Crippen LogP contribution in [0.2, 0.25) is 0 Å². The first kappa shape index (κ1) is 15.3. The summed E-state index contributed by atoms with van der Waals surface area (Å²) in [7, 11) is 1.81. The van der Waals surface area contributed by atoms with E-state index in [1.807, 2.05) is 45.0 Å². The van der Waals surface area contributed by atoms with Gasteiger partial charge >= 0.3 is 0 Å². The van der Waals surface area contributed by atoms with Crippen LogP contribution in [0.4, 0.5) is 0 Å². The Hall–Kier alpha value is -0.740. The van der Waals surface area contributed by atoms with Crippen LogP contribution in [-0.2, 0) is 9.05 Å². The van der Waals surface area contributed by atoms with Gasteiger partial charge in [0.25, 0.3) is 0 Å². The van der Waals surface area contributed by atoms with Gasteiger partial charge in [0.1, 0.15) is 5.75 Å². The number of ether oxygens (including phenoxy) is 1. The molecule has 0 aliphatic carbocycles. The molecule has 0 fully saturated rings. The van der Waals surface area contributed by atoms with Crippen molar-refractivity contribution in [1.82, 2.24) is 0 Å². The summed E-state index contributed by atoms with van der Waals surface area (Å²) in [4.78, 5) is 0. The Kier molecular flexibility index (Phi) is 5.47. The first-order valence-electron chi connectivity index (χ1n) is 5.90. The molecule has 1 aromatic rings. The fourth-order valence-corrected chi connectivity index (χ4v) is 3.08. The van der Waals surface area contributed by atoms with Gasteiger partial charge in [-0.05, 0) is 24.5 Å². The van der Waals surface area contributed by atoms with E-state index in [9.17, 15) is 8.42 Å². The van der Waals surface area contributed by atoms with Crippen molar-refractivity contribution in [2.45, 2.75) is 20.8 Å². The van der Waals surface area contributed by atoms with Crippen molar-refractivity contribution in [3.05, 3.63) is 29.8 Å². The summed E-state index contributed by atoms with van der Waals surface area (Å²) >= 11 is 0. The zero-order valence-corrected chi connectivity index (χ0v) is 12.5. The normalized spacial score (nSPS) is 13.6. The average molecular weight is 291 g/mol. The molecule has 1 aromatic carbocycles. The van der Waals surface area contributed by atoms with Crippen molar-refractivity contribution in [3.63, 3.8) is 0 Å². The lowest BCUT2D eigenvalue weighted by atomic mass is 9.99. The Morgan fingerprint density at radius 2 is 1.89 bits per heavy atom. The molecule has 0 saturated heterocycles. The van der Waals surface area contributed by atoms with Crippen molar-refractivity contribution < 1.29 is 13.2 Å². The Morgan fingerprint density at radius 3 is 2.39 bits per heavy atom. The lowest BCUT2D eigenvalue weighted by Gasteiger charge is -2.20. The van der Waals surface area contributed by atoms with Crippen LogP contribution in [0.3, 0.4) is 0 Å². The van der Waals surface area contributed by atoms with Gasteiger partial charge in [-0.2, -0.15) is 0 Å². The highest BCUT2D eigenvalue weighted by Gasteiger charge is 2.21. The fourth-order valence-electron chi connectivity index (χ4n) is 1.60. The summed E-state index contributed by atoms with van der Waals surface area (Å²) in [5.41, 5.74) is 1.04. The second-order valence-corrected chi connectivity index (χ2v) is 7.61. The highest BCUT2D eigenvalue weighted by Crippen LogP contribution is 2.21. The molecular weight excluding hydrogens is 272 g/mol. The lowest BCUT2D eigenvalue weighted by Crippen LogP contribution is -2.24. The van der Waals surface area contributed by atoms with Gasteiger partial charge in [0, 0.05) is 16.6 Å². The molecule has 3 nitrogen and oxygen atoms in total. The smallest absolute Gasteiger partial charge is 0.233 e. The van der Waals surface area contributed by atoms with Crippen molar-refractivity contribution in [2.24, 2.45) is 11.8 Å². The third kappa shape index (κ3) is 5.27. The van der Waals surface area contributed by atoms with E-state index in [0.29, 0.717) is 6.61 Å². The average Bonchev–Trinajstić information content (AvgIpc) is 2.24. The van der Waals surface area contributed by atoms with E-state index >= 15 is 0 Å². The van der Waals surface area contributed by atoms with E-state index in [-0.39, 0.29) is 17.6 Å². The highest BCUT2D eigenvalue weighted by molar-refractivity contribution is 8.13. The van der Waals surface area contributed by atoms with Crippen LogP contribution < -0.4 is 4.74 Å². The van der Waals surface area contributed by atoms with Gasteiger partial charge in [0.05, 0.1) is 12.4 Å². The van der Waals surface area contributed by atoms with E-state index in [2.05, 4.69) is 0 Å². The van der Waals surface area contributed by atoms with Crippen LogP contribution in [0.1, 0.15) is 19.4 Å². The molecular formula is C13H19ClO3S. The Bertz CT molecular complexity index is 483.